The van der Waals surface area contributed by atoms with Crippen molar-refractivity contribution >= 4 is 23.1 Å². The van der Waals surface area contributed by atoms with E-state index in [4.69, 9.17) is 16.3 Å². The van der Waals surface area contributed by atoms with Crippen LogP contribution in [0.1, 0.15) is 18.1 Å². The Bertz CT molecular complexity index is 540. The van der Waals surface area contributed by atoms with E-state index < -0.39 is 0 Å². The average Bonchev–Trinajstić information content (AvgIpc) is 2.43. The van der Waals surface area contributed by atoms with Crippen molar-refractivity contribution < 1.29 is 4.74 Å². The Morgan fingerprint density at radius 3 is 2.74 bits per heavy atom. The van der Waals surface area contributed by atoms with E-state index in [1.807, 2.05) is 50.4 Å². The van der Waals surface area contributed by atoms with E-state index in [0.29, 0.717) is 12.5 Å². The molecule has 0 saturated carbocycles. The third-order valence-electron chi connectivity index (χ3n) is 2.69. The van der Waals surface area contributed by atoms with E-state index in [-0.39, 0.29) is 0 Å². The predicted molar refractivity (Wildman–Crippen MR) is 79.4 cm³/mol. The summed E-state index contributed by atoms with van der Waals surface area (Å²) in [6.45, 7) is 4.61. The van der Waals surface area contributed by atoms with Gasteiger partial charge >= 0.3 is 0 Å². The molecule has 1 aromatic carbocycles. The summed E-state index contributed by atoms with van der Waals surface area (Å²) in [5.41, 5.74) is 3.06. The highest BCUT2D eigenvalue weighted by Crippen LogP contribution is 2.26. The molecule has 0 aliphatic carbocycles. The smallest absolute Gasteiger partial charge is 0.130 e. The van der Waals surface area contributed by atoms with Crippen molar-refractivity contribution in [3.05, 3.63) is 47.7 Å². The summed E-state index contributed by atoms with van der Waals surface area (Å²) < 4.78 is 5.52. The van der Waals surface area contributed by atoms with Gasteiger partial charge in [0.2, 0.25) is 0 Å². The Balaban J connectivity index is 2.18. The van der Waals surface area contributed by atoms with Crippen LogP contribution in [-0.4, -0.2) is 11.6 Å². The lowest BCUT2D eigenvalue weighted by atomic mass is 10.2. The third-order valence-corrected chi connectivity index (χ3v) is 2.98. The van der Waals surface area contributed by atoms with E-state index in [0.717, 1.165) is 28.4 Å². The number of halogens is 1. The molecule has 3 nitrogen and oxygen atoms in total. The lowest BCUT2D eigenvalue weighted by Crippen LogP contribution is -1.98. The van der Waals surface area contributed by atoms with Crippen molar-refractivity contribution in [3.8, 4) is 5.75 Å². The maximum atomic E-state index is 5.94. The van der Waals surface area contributed by atoms with Gasteiger partial charge in [-0.1, -0.05) is 6.07 Å². The molecule has 0 fully saturated rings. The summed E-state index contributed by atoms with van der Waals surface area (Å²) in [5, 5.41) is 3.25. The number of aromatic nitrogens is 1. The number of hydrogen-bond acceptors (Lipinski definition) is 3. The maximum Gasteiger partial charge on any atom is 0.130 e. The highest BCUT2D eigenvalue weighted by molar-refractivity contribution is 6.17. The van der Waals surface area contributed by atoms with Crippen LogP contribution in [0.2, 0.25) is 0 Å². The first-order valence-corrected chi connectivity index (χ1v) is 6.77. The maximum absolute atomic E-state index is 5.94. The molecule has 2 rings (SSSR count). The van der Waals surface area contributed by atoms with Crippen molar-refractivity contribution in [2.24, 2.45) is 0 Å². The van der Waals surface area contributed by atoms with Gasteiger partial charge in [0, 0.05) is 17.4 Å². The van der Waals surface area contributed by atoms with Gasteiger partial charge < -0.3 is 10.1 Å². The van der Waals surface area contributed by atoms with Crippen LogP contribution in [0.15, 0.2) is 36.5 Å². The fraction of sp³-hybridized carbons (Fsp3) is 0.267. The second-order valence-corrected chi connectivity index (χ2v) is 4.50. The van der Waals surface area contributed by atoms with Crippen molar-refractivity contribution in [3.63, 3.8) is 0 Å². The molecule has 0 amide bonds. The van der Waals surface area contributed by atoms with Gasteiger partial charge in [-0.05, 0) is 43.7 Å². The molecule has 4 heteroatoms. The van der Waals surface area contributed by atoms with Crippen LogP contribution in [0.3, 0.4) is 0 Å². The van der Waals surface area contributed by atoms with Crippen LogP contribution in [0.4, 0.5) is 11.5 Å². The molecule has 0 saturated heterocycles. The van der Waals surface area contributed by atoms with Crippen LogP contribution in [0.5, 0.6) is 5.75 Å². The van der Waals surface area contributed by atoms with Gasteiger partial charge in [-0.15, -0.1) is 11.6 Å². The third kappa shape index (κ3) is 3.61. The molecule has 100 valence electrons. The first-order valence-electron chi connectivity index (χ1n) is 6.24. The van der Waals surface area contributed by atoms with E-state index >= 15 is 0 Å². The summed E-state index contributed by atoms with van der Waals surface area (Å²) in [4.78, 5) is 4.31. The molecule has 1 aromatic heterocycles. The minimum atomic E-state index is 0.423. The molecule has 0 aliphatic heterocycles. The minimum Gasteiger partial charge on any atom is -0.494 e. The highest BCUT2D eigenvalue weighted by atomic mass is 35.5. The van der Waals surface area contributed by atoms with Gasteiger partial charge in [0.1, 0.15) is 11.6 Å². The summed E-state index contributed by atoms with van der Waals surface area (Å²) >= 11 is 5.94. The molecular weight excluding hydrogens is 260 g/mol. The van der Waals surface area contributed by atoms with E-state index in [1.165, 1.54) is 0 Å². The molecule has 1 N–H and O–H groups in total. The van der Waals surface area contributed by atoms with Crippen LogP contribution in [0, 0.1) is 6.92 Å². The Hall–Kier alpha value is -1.74. The van der Waals surface area contributed by atoms with Crippen LogP contribution < -0.4 is 10.1 Å². The van der Waals surface area contributed by atoms with Gasteiger partial charge in [-0.25, -0.2) is 4.98 Å². The van der Waals surface area contributed by atoms with Crippen molar-refractivity contribution in [1.82, 2.24) is 4.98 Å². The van der Waals surface area contributed by atoms with E-state index in [2.05, 4.69) is 10.3 Å². The number of ether oxygens (including phenoxy) is 1. The first-order chi connectivity index (χ1) is 9.22. The van der Waals surface area contributed by atoms with Gasteiger partial charge in [0.05, 0.1) is 12.5 Å². The summed E-state index contributed by atoms with van der Waals surface area (Å²) in [6.07, 6.45) is 1.83. The predicted octanol–water partition coefficient (Wildman–Crippen LogP) is 4.27. The van der Waals surface area contributed by atoms with E-state index in [9.17, 15) is 0 Å². The topological polar surface area (TPSA) is 34.1 Å². The van der Waals surface area contributed by atoms with Crippen LogP contribution in [-0.2, 0) is 5.88 Å². The van der Waals surface area contributed by atoms with Crippen LogP contribution in [0.25, 0.3) is 0 Å². The van der Waals surface area contributed by atoms with Crippen molar-refractivity contribution in [2.45, 2.75) is 19.7 Å². The molecular formula is C15H17ClN2O. The molecule has 0 radical (unpaired) electrons. The van der Waals surface area contributed by atoms with E-state index in [1.54, 1.807) is 0 Å². The van der Waals surface area contributed by atoms with Gasteiger partial charge in [-0.3, -0.25) is 0 Å². The number of benzene rings is 1. The standard InChI is InChI=1S/C15H17ClN2O/c1-3-19-14-6-5-13(8-12(14)9-16)18-15-7-4-11(2)10-17-15/h4-8,10H,3,9H2,1-2H3,(H,17,18). The number of nitrogens with one attached hydrogen (secondary N) is 1. The number of anilines is 2. The molecule has 0 atom stereocenters. The zero-order valence-corrected chi connectivity index (χ0v) is 11.9. The normalized spacial score (nSPS) is 10.3. The summed E-state index contributed by atoms with van der Waals surface area (Å²) in [7, 11) is 0. The number of rotatable bonds is 5. The van der Waals surface area contributed by atoms with Crippen molar-refractivity contribution in [1.29, 1.82) is 0 Å². The largest absolute Gasteiger partial charge is 0.494 e. The minimum absolute atomic E-state index is 0.423. The average molecular weight is 277 g/mol. The summed E-state index contributed by atoms with van der Waals surface area (Å²) in [6, 6.07) is 9.85. The SMILES string of the molecule is CCOc1ccc(Nc2ccc(C)cn2)cc1CCl. The molecule has 0 bridgehead atoms. The number of pyridine rings is 1. The molecule has 1 heterocycles. The van der Waals surface area contributed by atoms with Gasteiger partial charge in [-0.2, -0.15) is 0 Å². The quantitative estimate of drug-likeness (QED) is 0.828. The zero-order chi connectivity index (χ0) is 13.7. The van der Waals surface area contributed by atoms with Crippen LogP contribution >= 0.6 is 11.6 Å². The Kier molecular flexibility index (Phi) is 4.63. The molecule has 2 aromatic rings. The Morgan fingerprint density at radius 1 is 1.26 bits per heavy atom. The fourth-order valence-electron chi connectivity index (χ4n) is 1.75. The lowest BCUT2D eigenvalue weighted by Gasteiger charge is -2.11. The Morgan fingerprint density at radius 2 is 2.11 bits per heavy atom. The number of aryl methyl sites for hydroxylation is 1. The Labute approximate surface area is 118 Å². The number of hydrogen-bond donors (Lipinski definition) is 1. The lowest BCUT2D eigenvalue weighted by molar-refractivity contribution is 0.337. The second kappa shape index (κ2) is 6.43. The zero-order valence-electron chi connectivity index (χ0n) is 11.1. The first kappa shape index (κ1) is 13.7. The molecule has 0 spiro atoms. The van der Waals surface area contributed by atoms with Crippen molar-refractivity contribution in [2.75, 3.05) is 11.9 Å². The second-order valence-electron chi connectivity index (χ2n) is 4.23. The fourth-order valence-corrected chi connectivity index (χ4v) is 1.96. The van der Waals surface area contributed by atoms with Gasteiger partial charge in [0.15, 0.2) is 0 Å². The van der Waals surface area contributed by atoms with Gasteiger partial charge in [0.25, 0.3) is 0 Å². The highest BCUT2D eigenvalue weighted by Gasteiger charge is 2.04. The number of nitrogens with zero attached hydrogens (tertiary/aromatic N) is 1. The molecule has 0 aliphatic rings. The number of alkyl halides is 1. The molecule has 0 unspecified atom stereocenters. The summed E-state index contributed by atoms with van der Waals surface area (Å²) in [5.74, 6) is 2.07. The molecule has 19 heavy (non-hydrogen) atoms. The monoisotopic (exact) mass is 276 g/mol.